The topological polar surface area (TPSA) is 49.4 Å². The predicted molar refractivity (Wildman–Crippen MR) is 103 cm³/mol. The van der Waals surface area contributed by atoms with Crippen LogP contribution in [0.25, 0.3) is 0 Å². The highest BCUT2D eigenvalue weighted by Gasteiger charge is 2.37. The van der Waals surface area contributed by atoms with Gasteiger partial charge in [0.25, 0.3) is 0 Å². The fourth-order valence-electron chi connectivity index (χ4n) is 4.08. The van der Waals surface area contributed by atoms with Crippen LogP contribution in [0.1, 0.15) is 24.3 Å². The molecule has 0 aliphatic carbocycles. The third-order valence-electron chi connectivity index (χ3n) is 5.35. The molecule has 2 aromatic carbocycles. The predicted octanol–water partition coefficient (Wildman–Crippen LogP) is 3.23. The van der Waals surface area contributed by atoms with E-state index in [-0.39, 0.29) is 12.4 Å². The second-order valence-electron chi connectivity index (χ2n) is 6.65. The van der Waals surface area contributed by atoms with Crippen molar-refractivity contribution in [3.05, 3.63) is 54.1 Å². The molecule has 1 fully saturated rings. The first-order valence-corrected chi connectivity index (χ1v) is 9.95. The number of sulfone groups is 1. The number of hydrogen-bond donors (Lipinski definition) is 1. The van der Waals surface area contributed by atoms with Crippen LogP contribution < -0.4 is 10.2 Å². The molecule has 0 amide bonds. The molecule has 134 valence electrons. The van der Waals surface area contributed by atoms with Crippen LogP contribution in [0.2, 0.25) is 0 Å². The van der Waals surface area contributed by atoms with Gasteiger partial charge < -0.3 is 10.2 Å². The quantitative estimate of drug-likeness (QED) is 0.871. The van der Waals surface area contributed by atoms with Gasteiger partial charge in [-0.1, -0.05) is 18.2 Å². The van der Waals surface area contributed by atoms with Crippen LogP contribution in [0.15, 0.2) is 58.3 Å². The summed E-state index contributed by atoms with van der Waals surface area (Å²) in [5.41, 5.74) is 2.36. The van der Waals surface area contributed by atoms with Crippen molar-refractivity contribution in [3.63, 3.8) is 0 Å². The van der Waals surface area contributed by atoms with Crippen LogP contribution >= 0.6 is 12.4 Å². The molecule has 1 unspecified atom stereocenters. The molecule has 0 bridgehead atoms. The van der Waals surface area contributed by atoms with Gasteiger partial charge in [-0.05, 0) is 61.8 Å². The minimum atomic E-state index is -3.46. The molecular weight excluding hydrogens is 356 g/mol. The maximum atomic E-state index is 12.9. The highest BCUT2D eigenvalue weighted by Crippen LogP contribution is 2.44. The average Bonchev–Trinajstić information content (AvgIpc) is 2.78. The molecule has 2 aliphatic rings. The maximum Gasteiger partial charge on any atom is 0.206 e. The fourth-order valence-corrected chi connectivity index (χ4v) is 5.40. The van der Waals surface area contributed by atoms with Crippen LogP contribution in [0, 0.1) is 0 Å². The number of anilines is 1. The van der Waals surface area contributed by atoms with Gasteiger partial charge in [0.2, 0.25) is 9.84 Å². The molecule has 2 heterocycles. The third-order valence-corrected chi connectivity index (χ3v) is 7.12. The number of benzene rings is 2. The van der Waals surface area contributed by atoms with Gasteiger partial charge in [-0.3, -0.25) is 0 Å². The molecule has 4 nitrogen and oxygen atoms in total. The van der Waals surface area contributed by atoms with Crippen molar-refractivity contribution in [3.8, 4) is 0 Å². The summed E-state index contributed by atoms with van der Waals surface area (Å²) < 4.78 is 25.8. The Balaban J connectivity index is 0.00000182. The maximum absolute atomic E-state index is 12.9. The summed E-state index contributed by atoms with van der Waals surface area (Å²) in [6, 6.07) is 14.8. The van der Waals surface area contributed by atoms with Crippen LogP contribution in [0.5, 0.6) is 0 Å². The molecule has 1 N–H and O–H groups in total. The molecule has 0 radical (unpaired) electrons. The van der Waals surface area contributed by atoms with Crippen molar-refractivity contribution in [1.29, 1.82) is 0 Å². The number of hydrogen-bond acceptors (Lipinski definition) is 4. The van der Waals surface area contributed by atoms with Crippen molar-refractivity contribution in [2.24, 2.45) is 0 Å². The van der Waals surface area contributed by atoms with Crippen LogP contribution in [0.4, 0.5) is 5.69 Å². The van der Waals surface area contributed by atoms with Crippen molar-refractivity contribution in [2.75, 3.05) is 25.0 Å². The Morgan fingerprint density at radius 3 is 2.48 bits per heavy atom. The summed E-state index contributed by atoms with van der Waals surface area (Å²) >= 11 is 0. The zero-order chi connectivity index (χ0) is 16.7. The zero-order valence-corrected chi connectivity index (χ0v) is 15.8. The van der Waals surface area contributed by atoms with Gasteiger partial charge in [0.15, 0.2) is 0 Å². The first-order chi connectivity index (χ1) is 11.6. The van der Waals surface area contributed by atoms with E-state index in [0.29, 0.717) is 21.8 Å². The van der Waals surface area contributed by atoms with Gasteiger partial charge in [-0.25, -0.2) is 8.42 Å². The molecule has 25 heavy (non-hydrogen) atoms. The molecule has 0 aromatic heterocycles. The van der Waals surface area contributed by atoms with E-state index in [1.165, 1.54) is 11.3 Å². The Kier molecular flexibility index (Phi) is 5.09. The van der Waals surface area contributed by atoms with E-state index in [2.05, 4.69) is 17.3 Å². The van der Waals surface area contributed by atoms with E-state index in [4.69, 9.17) is 0 Å². The Morgan fingerprint density at radius 2 is 1.72 bits per heavy atom. The molecule has 2 aromatic rings. The molecule has 4 rings (SSSR count). The van der Waals surface area contributed by atoms with E-state index >= 15 is 0 Å². The summed E-state index contributed by atoms with van der Waals surface area (Å²) in [5.74, 6) is 0.408. The third kappa shape index (κ3) is 3.05. The highest BCUT2D eigenvalue weighted by molar-refractivity contribution is 7.91. The zero-order valence-electron chi connectivity index (χ0n) is 14.2. The molecule has 0 saturated carbocycles. The molecular formula is C19H23ClN2O2S. The van der Waals surface area contributed by atoms with Crippen molar-refractivity contribution in [2.45, 2.75) is 34.6 Å². The summed E-state index contributed by atoms with van der Waals surface area (Å²) in [7, 11) is -1.33. The summed E-state index contributed by atoms with van der Waals surface area (Å²) in [6.45, 7) is 2.01. The smallest absolute Gasteiger partial charge is 0.206 e. The number of nitrogens with zero attached hydrogens (tertiary/aromatic N) is 1. The van der Waals surface area contributed by atoms with Gasteiger partial charge in [0.1, 0.15) is 0 Å². The fraction of sp³-hybridized carbons (Fsp3) is 0.368. The van der Waals surface area contributed by atoms with Crippen LogP contribution in [-0.4, -0.2) is 34.6 Å². The first kappa shape index (κ1) is 18.2. The number of halogens is 1. The first-order valence-electron chi connectivity index (χ1n) is 8.46. The Bertz CT molecular complexity index is 855. The van der Waals surface area contributed by atoms with Gasteiger partial charge in [-0.15, -0.1) is 12.4 Å². The second-order valence-corrected chi connectivity index (χ2v) is 8.60. The summed E-state index contributed by atoms with van der Waals surface area (Å²) in [4.78, 5) is 3.08. The van der Waals surface area contributed by atoms with Crippen LogP contribution in [-0.2, 0) is 9.84 Å². The van der Waals surface area contributed by atoms with Crippen molar-refractivity contribution in [1.82, 2.24) is 5.32 Å². The molecule has 2 atom stereocenters. The number of fused-ring (bicyclic) bond motifs is 3. The van der Waals surface area contributed by atoms with Crippen molar-refractivity contribution >= 4 is 27.9 Å². The lowest BCUT2D eigenvalue weighted by Gasteiger charge is -2.24. The van der Waals surface area contributed by atoms with Gasteiger partial charge in [-0.2, -0.15) is 0 Å². The number of nitrogens with one attached hydrogen (secondary N) is 1. The van der Waals surface area contributed by atoms with Gasteiger partial charge in [0, 0.05) is 24.7 Å². The van der Waals surface area contributed by atoms with E-state index < -0.39 is 9.84 Å². The second kappa shape index (κ2) is 6.98. The summed E-state index contributed by atoms with van der Waals surface area (Å²) in [6.07, 6.45) is 2.15. The molecule has 2 aliphatic heterocycles. The molecule has 6 heteroatoms. The lowest BCUT2D eigenvalue weighted by atomic mass is 9.91. The minimum absolute atomic E-state index is 0. The van der Waals surface area contributed by atoms with Crippen LogP contribution in [0.3, 0.4) is 0 Å². The normalized spacial score (nSPS) is 22.5. The highest BCUT2D eigenvalue weighted by atomic mass is 35.5. The lowest BCUT2D eigenvalue weighted by Crippen LogP contribution is -2.30. The average molecular weight is 379 g/mol. The lowest BCUT2D eigenvalue weighted by molar-refractivity contribution is 0.531. The van der Waals surface area contributed by atoms with Crippen molar-refractivity contribution < 1.29 is 8.42 Å². The van der Waals surface area contributed by atoms with Gasteiger partial charge in [0.05, 0.1) is 9.79 Å². The van der Waals surface area contributed by atoms with Gasteiger partial charge >= 0.3 is 0 Å². The molecule has 1 saturated heterocycles. The Morgan fingerprint density at radius 1 is 1.00 bits per heavy atom. The standard InChI is InChI=1S/C19H22N2O2S.ClH/c1-21-18-8-7-15(24(22,23)14-5-3-2-4-6-14)13-17(18)16-9-11-20-12-10-19(16)21;/h2-8,13,16,19-20H,9-12H2,1H3;1H/t16-,19?;/m0./s1. The monoisotopic (exact) mass is 378 g/mol. The number of likely N-dealkylation sites (N-methyl/N-ethyl adjacent to an activating group) is 1. The largest absolute Gasteiger partial charge is 0.371 e. The van der Waals surface area contributed by atoms with E-state index in [9.17, 15) is 8.42 Å². The SMILES string of the molecule is CN1c2ccc(S(=O)(=O)c3ccccc3)cc2[C@@H]2CCNCCC21.Cl. The Hall–Kier alpha value is -1.56. The number of rotatable bonds is 2. The minimum Gasteiger partial charge on any atom is -0.371 e. The van der Waals surface area contributed by atoms with E-state index in [0.717, 1.165) is 25.9 Å². The Labute approximate surface area is 155 Å². The van der Waals surface area contributed by atoms with E-state index in [1.54, 1.807) is 30.3 Å². The summed E-state index contributed by atoms with van der Waals surface area (Å²) in [5, 5.41) is 3.45. The molecule has 0 spiro atoms. The van der Waals surface area contributed by atoms with E-state index in [1.807, 2.05) is 18.2 Å².